The van der Waals surface area contributed by atoms with Crippen molar-refractivity contribution >= 4 is 33.9 Å². The van der Waals surface area contributed by atoms with Gasteiger partial charge in [-0.3, -0.25) is 0 Å². The molecule has 0 fully saturated rings. The molecule has 0 saturated carbocycles. The van der Waals surface area contributed by atoms with Crippen LogP contribution in [0.4, 0.5) is 0 Å². The number of thiophene rings is 1. The number of rotatable bonds is 3. The molecule has 0 spiro atoms. The summed E-state index contributed by atoms with van der Waals surface area (Å²) in [4.78, 5) is 12.3. The van der Waals surface area contributed by atoms with Gasteiger partial charge in [0.1, 0.15) is 0 Å². The van der Waals surface area contributed by atoms with Crippen LogP contribution < -0.4 is 0 Å². The first-order chi connectivity index (χ1) is 7.81. The van der Waals surface area contributed by atoms with E-state index in [1.165, 1.54) is 0 Å². The molecule has 0 saturated heterocycles. The summed E-state index contributed by atoms with van der Waals surface area (Å²) in [5, 5.41) is 1.99. The minimum atomic E-state index is -0.232. The van der Waals surface area contributed by atoms with Gasteiger partial charge in [0, 0.05) is 0 Å². The number of hydrogen-bond donors (Lipinski definition) is 0. The predicted octanol–water partition coefficient (Wildman–Crippen LogP) is 2.58. The van der Waals surface area contributed by atoms with Gasteiger partial charge < -0.3 is 0 Å². The zero-order valence-electron chi connectivity index (χ0n) is 8.55. The van der Waals surface area contributed by atoms with Crippen molar-refractivity contribution < 1.29 is 8.58 Å². The fourth-order valence-electron chi connectivity index (χ4n) is 1.53. The SMILES string of the molecule is O=C(Cc1sccc1-c1ccccc1)[O][Al+2]. The second-order valence-corrected chi connectivity index (χ2v) is 4.53. The van der Waals surface area contributed by atoms with Gasteiger partial charge in [0.05, 0.1) is 0 Å². The molecule has 0 radical (unpaired) electrons. The molecule has 0 bridgehead atoms. The van der Waals surface area contributed by atoms with E-state index in [0.717, 1.165) is 16.0 Å². The first-order valence-electron chi connectivity index (χ1n) is 4.82. The average Bonchev–Trinajstić information content (AvgIpc) is 2.78. The second kappa shape index (κ2) is 5.31. The summed E-state index contributed by atoms with van der Waals surface area (Å²) in [6.07, 6.45) is 0.325. The van der Waals surface area contributed by atoms with E-state index in [1.807, 2.05) is 58.4 Å². The maximum absolute atomic E-state index is 11.2. The van der Waals surface area contributed by atoms with Gasteiger partial charge in [0.25, 0.3) is 0 Å². The van der Waals surface area contributed by atoms with E-state index < -0.39 is 0 Å². The van der Waals surface area contributed by atoms with Gasteiger partial charge in [-0.15, -0.1) is 0 Å². The molecule has 0 amide bonds. The van der Waals surface area contributed by atoms with Crippen LogP contribution in [0.2, 0.25) is 0 Å². The summed E-state index contributed by atoms with van der Waals surface area (Å²) in [7, 11) is 0. The Labute approximate surface area is 107 Å². The van der Waals surface area contributed by atoms with E-state index in [4.69, 9.17) is 0 Å². The fraction of sp³-hybridized carbons (Fsp3) is 0.0833. The van der Waals surface area contributed by atoms with E-state index in [1.54, 1.807) is 11.3 Å². The van der Waals surface area contributed by atoms with Crippen molar-refractivity contribution in [1.29, 1.82) is 0 Å². The van der Waals surface area contributed by atoms with Crippen molar-refractivity contribution in [3.8, 4) is 11.1 Å². The van der Waals surface area contributed by atoms with Crippen LogP contribution in [0.1, 0.15) is 4.88 Å². The minimum absolute atomic E-state index is 0.232. The van der Waals surface area contributed by atoms with Gasteiger partial charge in [-0.1, -0.05) is 0 Å². The van der Waals surface area contributed by atoms with Gasteiger partial charge in [-0.05, 0) is 0 Å². The molecule has 2 rings (SSSR count). The van der Waals surface area contributed by atoms with E-state index in [2.05, 4.69) is 3.79 Å². The van der Waals surface area contributed by atoms with Crippen LogP contribution in [0.25, 0.3) is 11.1 Å². The van der Waals surface area contributed by atoms with Crippen LogP contribution in [-0.4, -0.2) is 22.6 Å². The van der Waals surface area contributed by atoms with E-state index >= 15 is 0 Å². The molecular weight excluding hydrogens is 235 g/mol. The molecule has 4 heteroatoms. The Morgan fingerprint density at radius 1 is 1.25 bits per heavy atom. The first-order valence-corrected chi connectivity index (χ1v) is 6.17. The third-order valence-electron chi connectivity index (χ3n) is 2.27. The van der Waals surface area contributed by atoms with Gasteiger partial charge in [0.15, 0.2) is 0 Å². The van der Waals surface area contributed by atoms with Crippen molar-refractivity contribution in [1.82, 2.24) is 0 Å². The molecule has 1 aromatic heterocycles. The zero-order chi connectivity index (χ0) is 11.4. The molecule has 2 nitrogen and oxygen atoms in total. The maximum atomic E-state index is 11.2. The van der Waals surface area contributed by atoms with Gasteiger partial charge in [-0.2, -0.15) is 0 Å². The Balaban J connectivity index is 2.29. The van der Waals surface area contributed by atoms with E-state index in [9.17, 15) is 4.79 Å². The average molecular weight is 244 g/mol. The van der Waals surface area contributed by atoms with Crippen LogP contribution in [0.5, 0.6) is 0 Å². The van der Waals surface area contributed by atoms with Crippen LogP contribution >= 0.6 is 11.3 Å². The van der Waals surface area contributed by atoms with Crippen LogP contribution in [0, 0.1) is 0 Å². The van der Waals surface area contributed by atoms with Gasteiger partial charge >= 0.3 is 107 Å². The fourth-order valence-corrected chi connectivity index (χ4v) is 2.49. The van der Waals surface area contributed by atoms with Crippen LogP contribution in [-0.2, 0) is 15.0 Å². The monoisotopic (exact) mass is 244 g/mol. The van der Waals surface area contributed by atoms with Crippen molar-refractivity contribution in [2.24, 2.45) is 0 Å². The summed E-state index contributed by atoms with van der Waals surface area (Å²) < 4.78 is 4.60. The number of benzene rings is 1. The topological polar surface area (TPSA) is 26.3 Å². The summed E-state index contributed by atoms with van der Waals surface area (Å²) >= 11 is 3.56. The molecule has 1 aromatic carbocycles. The zero-order valence-corrected chi connectivity index (χ0v) is 10.5. The summed E-state index contributed by atoms with van der Waals surface area (Å²) in [5.74, 6) is -0.232. The van der Waals surface area contributed by atoms with Crippen molar-refractivity contribution in [3.63, 3.8) is 0 Å². The van der Waals surface area contributed by atoms with Crippen LogP contribution in [0.15, 0.2) is 41.8 Å². The Kier molecular flexibility index (Phi) is 3.79. The third-order valence-corrected chi connectivity index (χ3v) is 3.45. The molecule has 0 unspecified atom stereocenters. The summed E-state index contributed by atoms with van der Waals surface area (Å²) in [6.45, 7) is 0. The normalized spacial score (nSPS) is 10.1. The molecule has 0 atom stereocenters. The molecule has 76 valence electrons. The molecule has 16 heavy (non-hydrogen) atoms. The molecule has 0 aliphatic heterocycles. The van der Waals surface area contributed by atoms with Crippen molar-refractivity contribution in [3.05, 3.63) is 46.7 Å². The van der Waals surface area contributed by atoms with Gasteiger partial charge in [-0.25, -0.2) is 0 Å². The Bertz CT molecular complexity index is 479. The van der Waals surface area contributed by atoms with E-state index in [-0.39, 0.29) is 5.97 Å². The van der Waals surface area contributed by atoms with Crippen molar-refractivity contribution in [2.75, 3.05) is 0 Å². The Morgan fingerprint density at radius 3 is 2.69 bits per heavy atom. The third kappa shape index (κ3) is 2.53. The molecule has 0 aliphatic rings. The summed E-state index contributed by atoms with van der Waals surface area (Å²) in [5.41, 5.74) is 2.25. The Morgan fingerprint density at radius 2 is 2.00 bits per heavy atom. The number of carbonyl (C=O) groups is 1. The second-order valence-electron chi connectivity index (χ2n) is 3.29. The summed E-state index contributed by atoms with van der Waals surface area (Å²) in [6, 6.07) is 12.1. The quantitative estimate of drug-likeness (QED) is 0.776. The van der Waals surface area contributed by atoms with E-state index in [0.29, 0.717) is 6.42 Å². The van der Waals surface area contributed by atoms with Gasteiger partial charge in [0.2, 0.25) is 0 Å². The number of carbonyl (C=O) groups excluding carboxylic acids is 1. The molecule has 1 heterocycles. The van der Waals surface area contributed by atoms with Crippen LogP contribution in [0.3, 0.4) is 0 Å². The predicted molar refractivity (Wildman–Crippen MR) is 65.3 cm³/mol. The molecule has 0 aliphatic carbocycles. The first kappa shape index (κ1) is 11.4. The standard InChI is InChI=1S/C12H10O2S.Al/c13-12(14)8-11-10(6-7-15-11)9-4-2-1-3-5-9;/h1-7H,8H2,(H,13,14);/q;+3/p-1. The van der Waals surface area contributed by atoms with Crippen molar-refractivity contribution in [2.45, 2.75) is 6.42 Å². The molecule has 0 N–H and O–H groups in total. The Hall–Kier alpha value is -1.08. The molecular formula is C12H9AlO2S+2. The number of hydrogen-bond acceptors (Lipinski definition) is 3. The molecule has 2 aromatic rings.